The van der Waals surface area contributed by atoms with E-state index in [1.165, 1.54) is 32.5 Å². The summed E-state index contributed by atoms with van der Waals surface area (Å²) in [6.45, 7) is 2.28. The Hall–Kier alpha value is -4.69. The number of benzene rings is 1. The number of hydrogen-bond acceptors (Lipinski definition) is 10. The number of methoxy groups -OCH3 is 2. The third-order valence-corrected chi connectivity index (χ3v) is 6.31. The zero-order valence-electron chi connectivity index (χ0n) is 21.6. The van der Waals surface area contributed by atoms with Crippen LogP contribution in [-0.4, -0.2) is 58.7 Å². The second kappa shape index (κ2) is 11.6. The summed E-state index contributed by atoms with van der Waals surface area (Å²) in [6, 6.07) is 12.1. The molecule has 14 heteroatoms. The summed E-state index contributed by atoms with van der Waals surface area (Å²) in [5.74, 6) is 1.09. The zero-order chi connectivity index (χ0) is 28.2. The fraction of sp³-hybridized carbons (Fsp3) is 0.192. The maximum Gasteiger partial charge on any atom is 0.213 e. The Balaban J connectivity index is 1.80. The average molecular weight is 566 g/mol. The molecule has 4 aromatic heterocycles. The minimum atomic E-state index is -3.08. The number of thiol groups is 1. The summed E-state index contributed by atoms with van der Waals surface area (Å²) >= 11 is 0. The topological polar surface area (TPSA) is 143 Å². The number of pyridine rings is 2. The first-order chi connectivity index (χ1) is 19.4. The van der Waals surface area contributed by atoms with Crippen LogP contribution in [0.5, 0.6) is 17.4 Å². The molecule has 0 radical (unpaired) electrons. The van der Waals surface area contributed by atoms with Crippen LogP contribution in [0.2, 0.25) is 0 Å². The van der Waals surface area contributed by atoms with Crippen molar-refractivity contribution in [2.45, 2.75) is 13.0 Å². The van der Waals surface area contributed by atoms with Crippen LogP contribution < -0.4 is 18.9 Å². The van der Waals surface area contributed by atoms with Crippen molar-refractivity contribution in [3.8, 4) is 34.6 Å². The van der Waals surface area contributed by atoms with Crippen LogP contribution in [0.25, 0.3) is 28.5 Å². The zero-order valence-corrected chi connectivity index (χ0v) is 22.5. The molecule has 0 fully saturated rings. The number of hydrogen-bond donors (Lipinski definition) is 2. The molecule has 0 spiro atoms. The minimum absolute atomic E-state index is 0.198. The molecule has 0 saturated heterocycles. The van der Waals surface area contributed by atoms with Gasteiger partial charge in [0, 0.05) is 6.07 Å². The highest BCUT2D eigenvalue weighted by atomic mass is 32.2. The molecule has 1 unspecified atom stereocenters. The molecule has 0 amide bonds. The van der Waals surface area contributed by atoms with Crippen LogP contribution in [0.15, 0.2) is 60.9 Å². The van der Waals surface area contributed by atoms with Gasteiger partial charge in [-0.3, -0.25) is 9.55 Å². The van der Waals surface area contributed by atoms with Crippen molar-refractivity contribution < 1.29 is 27.0 Å². The number of halogens is 1. The molecule has 0 saturated carbocycles. The summed E-state index contributed by atoms with van der Waals surface area (Å²) in [5.41, 5.74) is 1.85. The Morgan fingerprint density at radius 3 is 2.33 bits per heavy atom. The van der Waals surface area contributed by atoms with Gasteiger partial charge in [0.2, 0.25) is 16.8 Å². The molecular formula is C26H24FN7O5S. The van der Waals surface area contributed by atoms with Crippen molar-refractivity contribution >= 4 is 22.2 Å². The number of para-hydroxylation sites is 1. The van der Waals surface area contributed by atoms with Gasteiger partial charge in [-0.25, -0.2) is 37.5 Å². The molecular weight excluding hydrogens is 541 g/mol. The second-order valence-electron chi connectivity index (χ2n) is 8.24. The molecule has 0 bridgehead atoms. The standard InChI is InChI=1S/C26H24FN7O5S/c1-4-39-21-10-5-7-17(30-21)25-32-24-26(34(25)23-19(37-2)8-6-9-20(23)38-3)31-18(14-29-24)22(33-40(35)36)16-12-11-15(27)13-28-16/h5-14,22,40H,4H2,1-3H3,(H,33,35,36). The van der Waals surface area contributed by atoms with Gasteiger partial charge >= 0.3 is 0 Å². The number of aromatic nitrogens is 6. The van der Waals surface area contributed by atoms with Crippen LogP contribution in [0.1, 0.15) is 24.4 Å². The van der Waals surface area contributed by atoms with Gasteiger partial charge in [0.05, 0.1) is 44.6 Å². The summed E-state index contributed by atoms with van der Waals surface area (Å²) in [7, 11) is -0.0394. The molecule has 12 nitrogen and oxygen atoms in total. The SMILES string of the molecule is CCOc1cccc(-c2nc3ncc(C(N[SH](=O)=O)c4ccc(F)cn4)nc3n2-c2c(OC)cccc2OC)n1. The second-order valence-corrected chi connectivity index (χ2v) is 9.01. The molecule has 40 heavy (non-hydrogen) atoms. The third kappa shape index (κ3) is 5.26. The molecule has 1 N–H and O–H groups in total. The van der Waals surface area contributed by atoms with Gasteiger partial charge in [0.1, 0.15) is 34.7 Å². The summed E-state index contributed by atoms with van der Waals surface area (Å²) in [4.78, 5) is 22.6. The molecule has 0 aliphatic carbocycles. The smallest absolute Gasteiger partial charge is 0.213 e. The number of rotatable bonds is 10. The van der Waals surface area contributed by atoms with Crippen LogP contribution in [-0.2, 0) is 10.9 Å². The van der Waals surface area contributed by atoms with E-state index < -0.39 is 22.7 Å². The van der Waals surface area contributed by atoms with E-state index in [2.05, 4.69) is 19.7 Å². The Morgan fingerprint density at radius 1 is 0.925 bits per heavy atom. The number of fused-ring (bicyclic) bond motifs is 1. The maximum atomic E-state index is 13.6. The first-order valence-electron chi connectivity index (χ1n) is 12.0. The van der Waals surface area contributed by atoms with Gasteiger partial charge < -0.3 is 14.2 Å². The highest BCUT2D eigenvalue weighted by Crippen LogP contribution is 2.38. The fourth-order valence-corrected chi connectivity index (χ4v) is 4.63. The summed E-state index contributed by atoms with van der Waals surface area (Å²) < 4.78 is 58.0. The third-order valence-electron chi connectivity index (χ3n) is 5.84. The minimum Gasteiger partial charge on any atom is -0.494 e. The van der Waals surface area contributed by atoms with Crippen molar-refractivity contribution in [2.24, 2.45) is 0 Å². The van der Waals surface area contributed by atoms with Gasteiger partial charge in [-0.2, -0.15) is 0 Å². The van der Waals surface area contributed by atoms with E-state index in [1.807, 2.05) is 6.92 Å². The molecule has 206 valence electrons. The van der Waals surface area contributed by atoms with E-state index in [0.717, 1.165) is 6.20 Å². The molecule has 0 aliphatic rings. The Morgan fingerprint density at radius 2 is 1.68 bits per heavy atom. The lowest BCUT2D eigenvalue weighted by atomic mass is 10.1. The van der Waals surface area contributed by atoms with Crippen molar-refractivity contribution in [3.63, 3.8) is 0 Å². The quantitative estimate of drug-likeness (QED) is 0.243. The molecule has 4 heterocycles. The van der Waals surface area contributed by atoms with Gasteiger partial charge in [0.25, 0.3) is 0 Å². The van der Waals surface area contributed by atoms with Gasteiger partial charge in [0.15, 0.2) is 17.1 Å². The lowest BCUT2D eigenvalue weighted by molar-refractivity contribution is 0.327. The Labute approximate surface area is 229 Å². The first kappa shape index (κ1) is 26.9. The van der Waals surface area contributed by atoms with E-state index in [-0.39, 0.29) is 22.7 Å². The van der Waals surface area contributed by atoms with E-state index in [4.69, 9.17) is 24.2 Å². The lowest BCUT2D eigenvalue weighted by Gasteiger charge is -2.17. The molecule has 1 atom stereocenters. The summed E-state index contributed by atoms with van der Waals surface area (Å²) in [5, 5.41) is 0. The average Bonchev–Trinajstić information content (AvgIpc) is 3.34. The normalized spacial score (nSPS) is 12.0. The van der Waals surface area contributed by atoms with E-state index in [1.54, 1.807) is 41.0 Å². The predicted molar refractivity (Wildman–Crippen MR) is 144 cm³/mol. The van der Waals surface area contributed by atoms with Crippen molar-refractivity contribution in [1.82, 2.24) is 34.2 Å². The highest BCUT2D eigenvalue weighted by molar-refractivity contribution is 7.70. The molecule has 1 aromatic carbocycles. The number of ether oxygens (including phenoxy) is 3. The van der Waals surface area contributed by atoms with E-state index in [9.17, 15) is 12.8 Å². The Bertz CT molecular complexity index is 1710. The van der Waals surface area contributed by atoms with Crippen molar-refractivity contribution in [3.05, 3.63) is 78.1 Å². The number of nitrogens with one attached hydrogen (secondary N) is 1. The largest absolute Gasteiger partial charge is 0.494 e. The van der Waals surface area contributed by atoms with Gasteiger partial charge in [-0.15, -0.1) is 0 Å². The van der Waals surface area contributed by atoms with Crippen LogP contribution >= 0.6 is 0 Å². The molecule has 5 aromatic rings. The van der Waals surface area contributed by atoms with Crippen LogP contribution in [0, 0.1) is 5.82 Å². The van der Waals surface area contributed by atoms with E-state index in [0.29, 0.717) is 41.2 Å². The maximum absolute atomic E-state index is 13.6. The van der Waals surface area contributed by atoms with Crippen LogP contribution in [0.4, 0.5) is 4.39 Å². The van der Waals surface area contributed by atoms with Crippen molar-refractivity contribution in [2.75, 3.05) is 20.8 Å². The first-order valence-corrected chi connectivity index (χ1v) is 13.2. The lowest BCUT2D eigenvalue weighted by Crippen LogP contribution is -2.23. The van der Waals surface area contributed by atoms with Crippen LogP contribution in [0.3, 0.4) is 0 Å². The highest BCUT2D eigenvalue weighted by Gasteiger charge is 2.26. The Kier molecular flexibility index (Phi) is 7.79. The molecule has 5 rings (SSSR count). The number of nitrogens with zero attached hydrogens (tertiary/aromatic N) is 6. The van der Waals surface area contributed by atoms with Gasteiger partial charge in [-0.1, -0.05) is 12.1 Å². The van der Waals surface area contributed by atoms with Gasteiger partial charge in [-0.05, 0) is 37.3 Å². The van der Waals surface area contributed by atoms with E-state index >= 15 is 0 Å². The fourth-order valence-electron chi connectivity index (χ4n) is 4.16. The van der Waals surface area contributed by atoms with Crippen molar-refractivity contribution in [1.29, 1.82) is 0 Å². The molecule has 0 aliphatic heterocycles. The predicted octanol–water partition coefficient (Wildman–Crippen LogP) is 3.03. The monoisotopic (exact) mass is 565 g/mol. The number of imidazole rings is 1. The summed E-state index contributed by atoms with van der Waals surface area (Å²) in [6.07, 6.45) is 2.38.